The number of benzene rings is 1. The summed E-state index contributed by atoms with van der Waals surface area (Å²) in [4.78, 5) is 4.43. The normalized spacial score (nSPS) is 22.8. The van der Waals surface area contributed by atoms with Crippen LogP contribution in [0.5, 0.6) is 0 Å². The van der Waals surface area contributed by atoms with Crippen molar-refractivity contribution in [2.24, 2.45) is 5.92 Å². The number of nitriles is 1. The molecule has 1 aromatic heterocycles. The molecule has 0 radical (unpaired) electrons. The Balaban J connectivity index is 2.07. The number of nitrogen functional groups attached to an aromatic ring is 1. The Hall–Kier alpha value is -2.02. The summed E-state index contributed by atoms with van der Waals surface area (Å²) in [5.74, 6) is 1.33. The van der Waals surface area contributed by atoms with E-state index in [1.165, 1.54) is 25.7 Å². The molecular formula is C16H20N4. The number of nitrogens with two attached hydrogens (primary N) is 1. The Labute approximate surface area is 119 Å². The molecule has 2 atom stereocenters. The summed E-state index contributed by atoms with van der Waals surface area (Å²) in [6, 6.07) is 8.36. The lowest BCUT2D eigenvalue weighted by atomic mass is 9.84. The molecule has 104 valence electrons. The molecule has 0 bridgehead atoms. The number of imidazole rings is 1. The molecule has 2 N–H and O–H groups in total. The van der Waals surface area contributed by atoms with Crippen molar-refractivity contribution in [3.05, 3.63) is 23.8 Å². The molecule has 1 aliphatic carbocycles. The maximum atomic E-state index is 9.19. The largest absolute Gasteiger partial charge is 0.369 e. The molecule has 1 saturated carbocycles. The average molecular weight is 268 g/mol. The third-order valence-corrected chi connectivity index (χ3v) is 4.57. The molecule has 0 spiro atoms. The van der Waals surface area contributed by atoms with Gasteiger partial charge in [-0.25, -0.2) is 4.98 Å². The van der Waals surface area contributed by atoms with Crippen molar-refractivity contribution in [3.63, 3.8) is 0 Å². The molecule has 3 rings (SSSR count). The highest BCUT2D eigenvalue weighted by Crippen LogP contribution is 2.37. The summed E-state index contributed by atoms with van der Waals surface area (Å²) in [5.41, 5.74) is 8.49. The van der Waals surface area contributed by atoms with E-state index in [4.69, 9.17) is 5.73 Å². The Morgan fingerprint density at radius 3 is 3.05 bits per heavy atom. The van der Waals surface area contributed by atoms with Crippen molar-refractivity contribution >= 4 is 17.0 Å². The first-order valence-electron chi connectivity index (χ1n) is 7.41. The summed E-state index contributed by atoms with van der Waals surface area (Å²) in [7, 11) is 0. The van der Waals surface area contributed by atoms with Crippen LogP contribution in [0.25, 0.3) is 11.0 Å². The summed E-state index contributed by atoms with van der Waals surface area (Å²) in [6.07, 6.45) is 6.13. The van der Waals surface area contributed by atoms with Gasteiger partial charge in [-0.2, -0.15) is 5.26 Å². The van der Waals surface area contributed by atoms with E-state index in [0.717, 1.165) is 23.4 Å². The Morgan fingerprint density at radius 2 is 2.30 bits per heavy atom. The zero-order chi connectivity index (χ0) is 14.1. The van der Waals surface area contributed by atoms with Crippen molar-refractivity contribution in [1.29, 1.82) is 5.26 Å². The van der Waals surface area contributed by atoms with Crippen molar-refractivity contribution in [2.75, 3.05) is 5.73 Å². The smallest absolute Gasteiger partial charge is 0.201 e. The number of hydrogen-bond donors (Lipinski definition) is 1. The molecule has 1 aromatic carbocycles. The van der Waals surface area contributed by atoms with E-state index < -0.39 is 0 Å². The molecule has 1 fully saturated rings. The molecule has 2 unspecified atom stereocenters. The van der Waals surface area contributed by atoms with Crippen molar-refractivity contribution in [1.82, 2.24) is 9.55 Å². The molecule has 1 heterocycles. The summed E-state index contributed by atoms with van der Waals surface area (Å²) < 4.78 is 2.15. The number of aromatic nitrogens is 2. The monoisotopic (exact) mass is 268 g/mol. The number of fused-ring (bicyclic) bond motifs is 1. The van der Waals surface area contributed by atoms with Crippen LogP contribution in [0.2, 0.25) is 0 Å². The summed E-state index contributed by atoms with van der Waals surface area (Å²) in [5, 5.41) is 9.19. The van der Waals surface area contributed by atoms with Crippen LogP contribution in [0.3, 0.4) is 0 Å². The molecule has 0 amide bonds. The lowest BCUT2D eigenvalue weighted by molar-refractivity contribution is 0.267. The predicted octanol–water partition coefficient (Wildman–Crippen LogP) is 3.63. The van der Waals surface area contributed by atoms with Gasteiger partial charge in [0.05, 0.1) is 11.1 Å². The van der Waals surface area contributed by atoms with Gasteiger partial charge in [0, 0.05) is 6.04 Å². The van der Waals surface area contributed by atoms with Crippen LogP contribution in [0.15, 0.2) is 18.2 Å². The van der Waals surface area contributed by atoms with Gasteiger partial charge in [0.15, 0.2) is 0 Å². The van der Waals surface area contributed by atoms with Crippen LogP contribution >= 0.6 is 0 Å². The Morgan fingerprint density at radius 1 is 1.45 bits per heavy atom. The highest BCUT2D eigenvalue weighted by Gasteiger charge is 2.25. The molecule has 0 aliphatic heterocycles. The minimum atomic E-state index is 0.424. The van der Waals surface area contributed by atoms with Gasteiger partial charge in [-0.1, -0.05) is 32.3 Å². The second-order valence-electron chi connectivity index (χ2n) is 5.72. The maximum Gasteiger partial charge on any atom is 0.201 e. The van der Waals surface area contributed by atoms with Crippen LogP contribution in [0, 0.1) is 17.2 Å². The SMILES string of the molecule is CCC1CCCC(n2c(N)nc3c(C#N)cccc32)C1. The van der Waals surface area contributed by atoms with Gasteiger partial charge in [0.2, 0.25) is 5.95 Å². The third-order valence-electron chi connectivity index (χ3n) is 4.57. The molecular weight excluding hydrogens is 248 g/mol. The molecule has 4 nitrogen and oxygen atoms in total. The summed E-state index contributed by atoms with van der Waals surface area (Å²) in [6.45, 7) is 2.26. The highest BCUT2D eigenvalue weighted by molar-refractivity contribution is 5.84. The van der Waals surface area contributed by atoms with Gasteiger partial charge >= 0.3 is 0 Å². The number of rotatable bonds is 2. The van der Waals surface area contributed by atoms with E-state index in [9.17, 15) is 5.26 Å². The van der Waals surface area contributed by atoms with E-state index in [1.807, 2.05) is 12.1 Å². The fourth-order valence-corrected chi connectivity index (χ4v) is 3.48. The second-order valence-corrected chi connectivity index (χ2v) is 5.72. The van der Waals surface area contributed by atoms with Crippen LogP contribution < -0.4 is 5.73 Å². The molecule has 2 aromatic rings. The molecule has 0 saturated heterocycles. The van der Waals surface area contributed by atoms with Crippen LogP contribution in [-0.4, -0.2) is 9.55 Å². The summed E-state index contributed by atoms with van der Waals surface area (Å²) >= 11 is 0. The zero-order valence-electron chi connectivity index (χ0n) is 11.8. The van der Waals surface area contributed by atoms with Gasteiger partial charge in [0.25, 0.3) is 0 Å². The fraction of sp³-hybridized carbons (Fsp3) is 0.500. The minimum Gasteiger partial charge on any atom is -0.369 e. The molecule has 4 heteroatoms. The van der Waals surface area contributed by atoms with E-state index in [0.29, 0.717) is 17.6 Å². The maximum absolute atomic E-state index is 9.19. The highest BCUT2D eigenvalue weighted by atomic mass is 15.2. The quantitative estimate of drug-likeness (QED) is 0.904. The van der Waals surface area contributed by atoms with Gasteiger partial charge in [-0.3, -0.25) is 0 Å². The zero-order valence-corrected chi connectivity index (χ0v) is 11.8. The van der Waals surface area contributed by atoms with E-state index in [2.05, 4.69) is 22.5 Å². The first-order valence-corrected chi connectivity index (χ1v) is 7.41. The number of nitrogens with zero attached hydrogens (tertiary/aromatic N) is 3. The Bertz CT molecular complexity index is 665. The number of hydrogen-bond acceptors (Lipinski definition) is 3. The van der Waals surface area contributed by atoms with Crippen LogP contribution in [0.4, 0.5) is 5.95 Å². The number of para-hydroxylation sites is 1. The number of anilines is 1. The van der Waals surface area contributed by atoms with Gasteiger partial charge in [-0.05, 0) is 30.9 Å². The van der Waals surface area contributed by atoms with Crippen molar-refractivity contribution < 1.29 is 0 Å². The van der Waals surface area contributed by atoms with Crippen LogP contribution in [0.1, 0.15) is 50.6 Å². The van der Waals surface area contributed by atoms with E-state index in [1.54, 1.807) is 6.07 Å². The topological polar surface area (TPSA) is 67.6 Å². The third kappa shape index (κ3) is 2.03. The van der Waals surface area contributed by atoms with Crippen molar-refractivity contribution in [3.8, 4) is 6.07 Å². The fourth-order valence-electron chi connectivity index (χ4n) is 3.48. The van der Waals surface area contributed by atoms with Crippen molar-refractivity contribution in [2.45, 2.75) is 45.1 Å². The predicted molar refractivity (Wildman–Crippen MR) is 80.1 cm³/mol. The van der Waals surface area contributed by atoms with Gasteiger partial charge in [0.1, 0.15) is 11.6 Å². The molecule has 1 aliphatic rings. The second kappa shape index (κ2) is 5.16. The van der Waals surface area contributed by atoms with E-state index >= 15 is 0 Å². The minimum absolute atomic E-state index is 0.424. The van der Waals surface area contributed by atoms with Gasteiger partial charge < -0.3 is 10.3 Å². The lowest BCUT2D eigenvalue weighted by Crippen LogP contribution is -2.20. The standard InChI is InChI=1S/C16H20N4/c1-2-11-5-3-7-13(9-11)20-14-8-4-6-12(10-17)15(14)19-16(20)18/h4,6,8,11,13H,2-3,5,7,9H2,1H3,(H2,18,19). The molecule has 20 heavy (non-hydrogen) atoms. The lowest BCUT2D eigenvalue weighted by Gasteiger charge is -2.30. The first kappa shape index (κ1) is 13.0. The Kier molecular flexibility index (Phi) is 3.35. The first-order chi connectivity index (χ1) is 9.74. The average Bonchev–Trinajstić information content (AvgIpc) is 2.83. The van der Waals surface area contributed by atoms with E-state index in [-0.39, 0.29) is 0 Å². The van der Waals surface area contributed by atoms with Crippen LogP contribution in [-0.2, 0) is 0 Å². The van der Waals surface area contributed by atoms with Gasteiger partial charge in [-0.15, -0.1) is 0 Å².